The average Bonchev–Trinajstić information content (AvgIpc) is 2.74. The van der Waals surface area contributed by atoms with E-state index >= 15 is 0 Å². The van der Waals surface area contributed by atoms with Crippen LogP contribution in [0.3, 0.4) is 0 Å². The number of rotatable bonds is 4. The number of benzene rings is 1. The summed E-state index contributed by atoms with van der Waals surface area (Å²) in [6, 6.07) is 6.01. The van der Waals surface area contributed by atoms with Gasteiger partial charge in [0, 0.05) is 12.5 Å². The van der Waals surface area contributed by atoms with Gasteiger partial charge in [0.2, 0.25) is 0 Å². The largest absolute Gasteiger partial charge is 0.229 e. The maximum absolute atomic E-state index is 11.3. The minimum absolute atomic E-state index is 0.186. The van der Waals surface area contributed by atoms with Crippen molar-refractivity contribution in [3.05, 3.63) is 36.2 Å². The fourth-order valence-corrected chi connectivity index (χ4v) is 2.88. The molecule has 2 aromatic rings. The molecule has 0 radical (unpaired) electrons. The highest BCUT2D eigenvalue weighted by atomic mass is 32.2. The molecule has 0 aliphatic heterocycles. The van der Waals surface area contributed by atoms with Crippen molar-refractivity contribution in [2.75, 3.05) is 12.5 Å². The summed E-state index contributed by atoms with van der Waals surface area (Å²) >= 11 is 0. The van der Waals surface area contributed by atoms with Gasteiger partial charge in [-0.25, -0.2) is 16.8 Å². The fourth-order valence-electron chi connectivity index (χ4n) is 1.58. The first-order valence-electron chi connectivity index (χ1n) is 5.54. The summed E-state index contributed by atoms with van der Waals surface area (Å²) in [5.41, 5.74) is 0.886. The molecule has 9 heteroatoms. The van der Waals surface area contributed by atoms with Gasteiger partial charge in [0.05, 0.1) is 28.2 Å². The Morgan fingerprint density at radius 2 is 1.65 bits per heavy atom. The molecule has 0 fully saturated rings. The zero-order valence-electron chi connectivity index (χ0n) is 10.9. The molecule has 20 heavy (non-hydrogen) atoms. The summed E-state index contributed by atoms with van der Waals surface area (Å²) in [4.78, 5) is 1.46. The molecule has 0 saturated heterocycles. The SMILES string of the molecule is CS(=O)(=O)Cc1cnn(-c2ccc(S(C)(=O)=O)cc2)n1. The lowest BCUT2D eigenvalue weighted by molar-refractivity contribution is 0.598. The van der Waals surface area contributed by atoms with Crippen molar-refractivity contribution >= 4 is 19.7 Å². The molecule has 0 atom stereocenters. The molecule has 0 bridgehead atoms. The summed E-state index contributed by atoms with van der Waals surface area (Å²) in [5.74, 6) is -0.186. The van der Waals surface area contributed by atoms with Gasteiger partial charge < -0.3 is 0 Å². The topological polar surface area (TPSA) is 99.0 Å². The van der Waals surface area contributed by atoms with Crippen LogP contribution in [0.25, 0.3) is 5.69 Å². The van der Waals surface area contributed by atoms with Crippen molar-refractivity contribution in [3.63, 3.8) is 0 Å². The first-order valence-corrected chi connectivity index (χ1v) is 9.50. The Balaban J connectivity index is 2.29. The van der Waals surface area contributed by atoms with Crippen LogP contribution in [0.2, 0.25) is 0 Å². The molecule has 0 amide bonds. The van der Waals surface area contributed by atoms with Crippen molar-refractivity contribution in [1.29, 1.82) is 0 Å². The van der Waals surface area contributed by atoms with Crippen LogP contribution in [0.5, 0.6) is 0 Å². The number of hydrogen-bond acceptors (Lipinski definition) is 6. The molecule has 0 saturated carbocycles. The molecule has 0 aliphatic rings. The standard InChI is InChI=1S/C11H13N3O4S2/c1-19(15,16)8-9-7-12-14(13-9)10-3-5-11(6-4-10)20(2,17)18/h3-7H,8H2,1-2H3. The quantitative estimate of drug-likeness (QED) is 0.800. The molecular weight excluding hydrogens is 302 g/mol. The first-order chi connectivity index (χ1) is 9.15. The zero-order valence-corrected chi connectivity index (χ0v) is 12.5. The van der Waals surface area contributed by atoms with Gasteiger partial charge in [0.15, 0.2) is 19.7 Å². The van der Waals surface area contributed by atoms with E-state index in [4.69, 9.17) is 0 Å². The van der Waals surface area contributed by atoms with E-state index in [1.54, 1.807) is 12.1 Å². The third-order valence-electron chi connectivity index (χ3n) is 2.45. The van der Waals surface area contributed by atoms with Gasteiger partial charge >= 0.3 is 0 Å². The normalized spacial score (nSPS) is 12.5. The lowest BCUT2D eigenvalue weighted by Crippen LogP contribution is -2.04. The highest BCUT2D eigenvalue weighted by molar-refractivity contribution is 7.90. The van der Waals surface area contributed by atoms with Crippen molar-refractivity contribution in [2.24, 2.45) is 0 Å². The molecule has 1 aromatic heterocycles. The van der Waals surface area contributed by atoms with Gasteiger partial charge in [-0.05, 0) is 24.3 Å². The van der Waals surface area contributed by atoms with E-state index in [0.717, 1.165) is 12.5 Å². The Morgan fingerprint density at radius 3 is 2.15 bits per heavy atom. The molecule has 2 rings (SSSR count). The lowest BCUT2D eigenvalue weighted by atomic mass is 10.3. The predicted octanol–water partition coefficient (Wildman–Crippen LogP) is 0.215. The van der Waals surface area contributed by atoms with Crippen LogP contribution in [-0.4, -0.2) is 44.3 Å². The fraction of sp³-hybridized carbons (Fsp3) is 0.273. The van der Waals surface area contributed by atoms with Gasteiger partial charge in [-0.3, -0.25) is 0 Å². The lowest BCUT2D eigenvalue weighted by Gasteiger charge is -2.01. The van der Waals surface area contributed by atoms with E-state index in [-0.39, 0.29) is 10.6 Å². The maximum atomic E-state index is 11.3. The summed E-state index contributed by atoms with van der Waals surface area (Å²) in [6.07, 6.45) is 3.61. The summed E-state index contributed by atoms with van der Waals surface area (Å²) in [5, 5.41) is 7.99. The van der Waals surface area contributed by atoms with Gasteiger partial charge in [-0.1, -0.05) is 0 Å². The number of nitrogens with zero attached hydrogens (tertiary/aromatic N) is 3. The Morgan fingerprint density at radius 1 is 1.05 bits per heavy atom. The van der Waals surface area contributed by atoms with E-state index in [1.165, 1.54) is 23.1 Å². The summed E-state index contributed by atoms with van der Waals surface area (Å²) in [7, 11) is -6.42. The second-order valence-electron chi connectivity index (χ2n) is 4.46. The van der Waals surface area contributed by atoms with Crippen molar-refractivity contribution in [2.45, 2.75) is 10.6 Å². The van der Waals surface area contributed by atoms with Crippen LogP contribution in [0, 0.1) is 0 Å². The third-order valence-corrected chi connectivity index (χ3v) is 4.39. The Hall–Kier alpha value is -1.74. The molecule has 0 spiro atoms. The Bertz CT molecular complexity index is 821. The Labute approximate surface area is 117 Å². The summed E-state index contributed by atoms with van der Waals surface area (Å²) in [6.45, 7) is 0. The molecule has 0 aliphatic carbocycles. The number of aromatic nitrogens is 3. The van der Waals surface area contributed by atoms with E-state index in [2.05, 4.69) is 10.2 Å². The van der Waals surface area contributed by atoms with Crippen LogP contribution in [0.1, 0.15) is 5.69 Å². The minimum atomic E-state index is -3.25. The Kier molecular flexibility index (Phi) is 3.65. The van der Waals surface area contributed by atoms with E-state index in [9.17, 15) is 16.8 Å². The second-order valence-corrected chi connectivity index (χ2v) is 8.62. The molecule has 7 nitrogen and oxygen atoms in total. The first kappa shape index (κ1) is 14.7. The average molecular weight is 315 g/mol. The summed E-state index contributed by atoms with van der Waals surface area (Å²) < 4.78 is 45.0. The molecule has 108 valence electrons. The molecule has 0 N–H and O–H groups in total. The number of sulfone groups is 2. The van der Waals surface area contributed by atoms with Gasteiger partial charge in [0.25, 0.3) is 0 Å². The number of hydrogen-bond donors (Lipinski definition) is 0. The minimum Gasteiger partial charge on any atom is -0.229 e. The van der Waals surface area contributed by atoms with Crippen molar-refractivity contribution in [3.8, 4) is 5.69 Å². The maximum Gasteiger partial charge on any atom is 0.175 e. The smallest absolute Gasteiger partial charge is 0.175 e. The molecule has 1 heterocycles. The van der Waals surface area contributed by atoms with E-state index in [0.29, 0.717) is 11.4 Å². The van der Waals surface area contributed by atoms with Crippen molar-refractivity contribution in [1.82, 2.24) is 15.0 Å². The van der Waals surface area contributed by atoms with Gasteiger partial charge in [-0.2, -0.15) is 15.0 Å². The van der Waals surface area contributed by atoms with Crippen LogP contribution in [0.4, 0.5) is 0 Å². The molecule has 0 unspecified atom stereocenters. The molecule has 1 aromatic carbocycles. The highest BCUT2D eigenvalue weighted by Crippen LogP contribution is 2.13. The van der Waals surface area contributed by atoms with E-state index < -0.39 is 19.7 Å². The van der Waals surface area contributed by atoms with Crippen LogP contribution in [-0.2, 0) is 25.4 Å². The van der Waals surface area contributed by atoms with Crippen LogP contribution in [0.15, 0.2) is 35.4 Å². The predicted molar refractivity (Wildman–Crippen MR) is 73.0 cm³/mol. The molecular formula is C11H13N3O4S2. The van der Waals surface area contributed by atoms with Gasteiger partial charge in [0.1, 0.15) is 0 Å². The second kappa shape index (κ2) is 4.98. The van der Waals surface area contributed by atoms with Crippen LogP contribution < -0.4 is 0 Å². The third kappa shape index (κ3) is 3.64. The van der Waals surface area contributed by atoms with Crippen molar-refractivity contribution < 1.29 is 16.8 Å². The highest BCUT2D eigenvalue weighted by Gasteiger charge is 2.11. The van der Waals surface area contributed by atoms with Crippen LogP contribution >= 0.6 is 0 Å². The zero-order chi connectivity index (χ0) is 15.0. The monoisotopic (exact) mass is 315 g/mol. The van der Waals surface area contributed by atoms with E-state index in [1.807, 2.05) is 0 Å². The van der Waals surface area contributed by atoms with Gasteiger partial charge in [-0.15, -0.1) is 0 Å².